The summed E-state index contributed by atoms with van der Waals surface area (Å²) in [6.45, 7) is 0. The lowest BCUT2D eigenvalue weighted by Crippen LogP contribution is -2.44. The van der Waals surface area contributed by atoms with Crippen LogP contribution in [0.15, 0.2) is 47.1 Å². The van der Waals surface area contributed by atoms with Gasteiger partial charge in [0.1, 0.15) is 11.5 Å². The molecule has 1 saturated heterocycles. The van der Waals surface area contributed by atoms with E-state index in [0.29, 0.717) is 11.3 Å². The maximum Gasteiger partial charge on any atom is 0.269 e. The number of phenolic OH excluding ortho intramolecular Hbond substituents is 1. The lowest BCUT2D eigenvalue weighted by atomic mass is 10.2. The Hall–Kier alpha value is -2.41. The molecule has 0 aliphatic carbocycles. The second-order valence-electron chi connectivity index (χ2n) is 4.43. The molecule has 1 unspecified atom stereocenters. The zero-order valence-corrected chi connectivity index (χ0v) is 11.7. The minimum atomic E-state index is -0.414. The number of carbonyl (C=O) groups is 2. The van der Waals surface area contributed by atoms with Crippen molar-refractivity contribution in [2.24, 2.45) is 0 Å². The van der Waals surface area contributed by atoms with Crippen LogP contribution in [0.4, 0.5) is 0 Å². The fraction of sp³-hybridized carbons (Fsp3) is 0.143. The van der Waals surface area contributed by atoms with E-state index < -0.39 is 5.91 Å². The molecule has 1 fully saturated rings. The van der Waals surface area contributed by atoms with E-state index in [9.17, 15) is 14.7 Å². The van der Waals surface area contributed by atoms with Crippen molar-refractivity contribution in [2.45, 2.75) is 5.37 Å². The molecule has 6 nitrogen and oxygen atoms in total. The molecule has 1 aliphatic heterocycles. The smallest absolute Gasteiger partial charge is 0.269 e. The molecule has 1 aromatic carbocycles. The average molecular weight is 304 g/mol. The van der Waals surface area contributed by atoms with E-state index in [0.717, 1.165) is 0 Å². The van der Waals surface area contributed by atoms with Crippen LogP contribution in [0.5, 0.6) is 5.75 Å². The van der Waals surface area contributed by atoms with Crippen molar-refractivity contribution < 1.29 is 19.1 Å². The highest BCUT2D eigenvalue weighted by Crippen LogP contribution is 2.37. The van der Waals surface area contributed by atoms with Crippen LogP contribution in [-0.4, -0.2) is 27.7 Å². The van der Waals surface area contributed by atoms with Crippen molar-refractivity contribution in [3.05, 3.63) is 54.0 Å². The number of phenols is 1. The van der Waals surface area contributed by atoms with Crippen molar-refractivity contribution in [1.82, 2.24) is 10.4 Å². The molecule has 3 rings (SSSR count). The molecule has 0 saturated carbocycles. The van der Waals surface area contributed by atoms with Gasteiger partial charge in [-0.1, -0.05) is 0 Å². The van der Waals surface area contributed by atoms with Crippen molar-refractivity contribution in [2.75, 3.05) is 5.75 Å². The molecule has 0 bridgehead atoms. The fourth-order valence-electron chi connectivity index (χ4n) is 1.97. The van der Waals surface area contributed by atoms with Gasteiger partial charge in [0.15, 0.2) is 5.37 Å². The zero-order chi connectivity index (χ0) is 14.8. The maximum atomic E-state index is 12.1. The monoisotopic (exact) mass is 304 g/mol. The molecule has 2 N–H and O–H groups in total. The summed E-state index contributed by atoms with van der Waals surface area (Å²) in [4.78, 5) is 24.1. The molecule has 2 amide bonds. The SMILES string of the molecule is O=C(NN1C(=O)CSC1c1ccco1)c1ccc(O)cc1. The Balaban J connectivity index is 1.77. The number of carbonyl (C=O) groups excluding carboxylic acids is 2. The van der Waals surface area contributed by atoms with E-state index in [4.69, 9.17) is 4.42 Å². The number of thioether (sulfide) groups is 1. The molecule has 108 valence electrons. The molecule has 1 atom stereocenters. The highest BCUT2D eigenvalue weighted by Gasteiger charge is 2.36. The Morgan fingerprint density at radius 1 is 1.33 bits per heavy atom. The van der Waals surface area contributed by atoms with Crippen molar-refractivity contribution in [3.63, 3.8) is 0 Å². The number of benzene rings is 1. The molecular formula is C14H12N2O4S. The fourth-order valence-corrected chi connectivity index (χ4v) is 3.03. The summed E-state index contributed by atoms with van der Waals surface area (Å²) >= 11 is 1.38. The number of aromatic hydroxyl groups is 1. The minimum Gasteiger partial charge on any atom is -0.508 e. The predicted molar refractivity (Wildman–Crippen MR) is 76.3 cm³/mol. The zero-order valence-electron chi connectivity index (χ0n) is 10.9. The highest BCUT2D eigenvalue weighted by atomic mass is 32.2. The number of nitrogens with one attached hydrogen (secondary N) is 1. The lowest BCUT2D eigenvalue weighted by molar-refractivity contribution is -0.130. The van der Waals surface area contributed by atoms with Gasteiger partial charge in [-0.3, -0.25) is 15.0 Å². The third-order valence-electron chi connectivity index (χ3n) is 3.01. The Morgan fingerprint density at radius 3 is 2.76 bits per heavy atom. The third-order valence-corrected chi connectivity index (χ3v) is 4.18. The summed E-state index contributed by atoms with van der Waals surface area (Å²) in [5, 5.41) is 10.1. The Kier molecular flexibility index (Phi) is 3.57. The van der Waals surface area contributed by atoms with E-state index in [-0.39, 0.29) is 22.8 Å². The van der Waals surface area contributed by atoms with Gasteiger partial charge in [0, 0.05) is 5.56 Å². The van der Waals surface area contributed by atoms with E-state index in [1.165, 1.54) is 47.3 Å². The summed E-state index contributed by atoms with van der Waals surface area (Å²) in [5.74, 6) is 0.363. The number of amides is 2. The van der Waals surface area contributed by atoms with Gasteiger partial charge in [0.25, 0.3) is 11.8 Å². The number of hydrazine groups is 1. The third kappa shape index (κ3) is 2.73. The van der Waals surface area contributed by atoms with E-state index in [1.807, 2.05) is 0 Å². The first-order valence-electron chi connectivity index (χ1n) is 6.22. The van der Waals surface area contributed by atoms with Gasteiger partial charge in [-0.15, -0.1) is 11.8 Å². The average Bonchev–Trinajstić information content (AvgIpc) is 3.10. The van der Waals surface area contributed by atoms with Crippen LogP contribution in [0.2, 0.25) is 0 Å². The minimum absolute atomic E-state index is 0.0767. The topological polar surface area (TPSA) is 82.8 Å². The number of rotatable bonds is 3. The maximum absolute atomic E-state index is 12.1. The summed E-state index contributed by atoms with van der Waals surface area (Å²) < 4.78 is 5.30. The van der Waals surface area contributed by atoms with E-state index in [1.54, 1.807) is 12.1 Å². The largest absolute Gasteiger partial charge is 0.508 e. The molecule has 0 spiro atoms. The molecule has 21 heavy (non-hydrogen) atoms. The Morgan fingerprint density at radius 2 is 2.10 bits per heavy atom. The van der Waals surface area contributed by atoms with Gasteiger partial charge in [-0.05, 0) is 36.4 Å². The molecule has 2 heterocycles. The van der Waals surface area contributed by atoms with Gasteiger partial charge in [-0.25, -0.2) is 5.01 Å². The van der Waals surface area contributed by atoms with Crippen LogP contribution in [0.1, 0.15) is 21.5 Å². The first kappa shape index (κ1) is 13.6. The number of hydrogen-bond acceptors (Lipinski definition) is 5. The normalized spacial score (nSPS) is 18.0. The summed E-state index contributed by atoms with van der Waals surface area (Å²) in [6, 6.07) is 9.30. The first-order valence-corrected chi connectivity index (χ1v) is 7.27. The molecule has 2 aromatic rings. The van der Waals surface area contributed by atoms with Gasteiger partial charge in [0.05, 0.1) is 12.0 Å². The van der Waals surface area contributed by atoms with E-state index in [2.05, 4.69) is 5.43 Å². The van der Waals surface area contributed by atoms with Gasteiger partial charge in [-0.2, -0.15) is 0 Å². The summed E-state index contributed by atoms with van der Waals surface area (Å²) in [6.07, 6.45) is 1.53. The van der Waals surface area contributed by atoms with Crippen molar-refractivity contribution in [1.29, 1.82) is 0 Å². The second kappa shape index (κ2) is 5.53. The van der Waals surface area contributed by atoms with Crippen LogP contribution in [0.25, 0.3) is 0 Å². The number of furan rings is 1. The van der Waals surface area contributed by atoms with Gasteiger partial charge < -0.3 is 9.52 Å². The standard InChI is InChI=1S/C14H12N2O4S/c17-10-5-3-9(4-6-10)13(19)15-16-12(18)8-21-14(16)11-2-1-7-20-11/h1-7,14,17H,8H2,(H,15,19). The number of hydrogen-bond donors (Lipinski definition) is 2. The van der Waals surface area contributed by atoms with Crippen LogP contribution >= 0.6 is 11.8 Å². The van der Waals surface area contributed by atoms with Crippen LogP contribution in [0.3, 0.4) is 0 Å². The quantitative estimate of drug-likeness (QED) is 0.905. The molecule has 1 aromatic heterocycles. The predicted octanol–water partition coefficient (Wildman–Crippen LogP) is 1.90. The Bertz CT molecular complexity index is 654. The van der Waals surface area contributed by atoms with Crippen LogP contribution in [0, 0.1) is 0 Å². The van der Waals surface area contributed by atoms with Crippen molar-refractivity contribution >= 4 is 23.6 Å². The van der Waals surface area contributed by atoms with E-state index >= 15 is 0 Å². The molecule has 0 radical (unpaired) electrons. The Labute approximate surface area is 124 Å². The molecule has 7 heteroatoms. The molecule has 1 aliphatic rings. The van der Waals surface area contributed by atoms with Gasteiger partial charge in [0.2, 0.25) is 0 Å². The van der Waals surface area contributed by atoms with Crippen LogP contribution < -0.4 is 5.43 Å². The first-order chi connectivity index (χ1) is 10.1. The van der Waals surface area contributed by atoms with Crippen molar-refractivity contribution in [3.8, 4) is 5.75 Å². The summed E-state index contributed by atoms with van der Waals surface area (Å²) in [5.41, 5.74) is 2.94. The van der Waals surface area contributed by atoms with Gasteiger partial charge >= 0.3 is 0 Å². The number of nitrogens with zero attached hydrogens (tertiary/aromatic N) is 1. The lowest BCUT2D eigenvalue weighted by Gasteiger charge is -2.22. The highest BCUT2D eigenvalue weighted by molar-refractivity contribution is 8.00. The second-order valence-corrected chi connectivity index (χ2v) is 5.50. The summed E-state index contributed by atoms with van der Waals surface area (Å²) in [7, 11) is 0. The van der Waals surface area contributed by atoms with Crippen LogP contribution in [-0.2, 0) is 4.79 Å². The molecular weight excluding hydrogens is 292 g/mol.